The minimum Gasteiger partial charge on any atom is -0.381 e. The molecule has 0 amide bonds. The van der Waals surface area contributed by atoms with Crippen molar-refractivity contribution in [1.82, 2.24) is 0 Å². The smallest absolute Gasteiger partial charge is 0.0697 e. The zero-order valence-electron chi connectivity index (χ0n) is 7.55. The van der Waals surface area contributed by atoms with Crippen LogP contribution in [0.3, 0.4) is 0 Å². The Balaban J connectivity index is 2.74. The Hall–Kier alpha value is -0.810. The summed E-state index contributed by atoms with van der Waals surface area (Å²) in [6.45, 7) is 7.22. The topological polar surface area (TPSA) is 33.0 Å². The second-order valence-electron chi connectivity index (χ2n) is 3.40. The summed E-state index contributed by atoms with van der Waals surface area (Å²) in [5.41, 5.74) is -0.208. The minimum absolute atomic E-state index is 0.208. The average molecular weight is 165 g/mol. The maximum absolute atomic E-state index is 9.09. The monoisotopic (exact) mass is 165 g/mol. The molecular weight excluding hydrogens is 150 g/mol. The van der Waals surface area contributed by atoms with E-state index in [4.69, 9.17) is 10.00 Å². The van der Waals surface area contributed by atoms with Crippen molar-refractivity contribution in [3.63, 3.8) is 0 Å². The van der Waals surface area contributed by atoms with Gasteiger partial charge in [0.25, 0.3) is 0 Å². The van der Waals surface area contributed by atoms with Gasteiger partial charge in [-0.3, -0.25) is 0 Å². The molecule has 0 N–H and O–H groups in total. The number of hydrogen-bond donors (Lipinski definition) is 0. The molecule has 1 fully saturated rings. The van der Waals surface area contributed by atoms with Crippen molar-refractivity contribution >= 4 is 0 Å². The van der Waals surface area contributed by atoms with Gasteiger partial charge in [-0.25, -0.2) is 0 Å². The molecule has 1 heterocycles. The second-order valence-corrected chi connectivity index (χ2v) is 3.40. The van der Waals surface area contributed by atoms with Crippen LogP contribution < -0.4 is 0 Å². The van der Waals surface area contributed by atoms with Gasteiger partial charge in [0.1, 0.15) is 0 Å². The van der Waals surface area contributed by atoms with Gasteiger partial charge in [-0.2, -0.15) is 5.26 Å². The standard InChI is InChI=1S/C10H15NO/c1-3-9(2)10(8-11)4-6-12-7-5-10/h3,9H,1,4-7H2,2H3. The van der Waals surface area contributed by atoms with Crippen LogP contribution in [0.5, 0.6) is 0 Å². The molecule has 0 bridgehead atoms. The minimum atomic E-state index is -0.208. The molecule has 1 rings (SSSR count). The highest BCUT2D eigenvalue weighted by Gasteiger charge is 2.36. The first-order valence-electron chi connectivity index (χ1n) is 4.37. The van der Waals surface area contributed by atoms with E-state index >= 15 is 0 Å². The maximum atomic E-state index is 9.09. The van der Waals surface area contributed by atoms with Crippen LogP contribution in [0.1, 0.15) is 19.8 Å². The molecule has 2 nitrogen and oxygen atoms in total. The number of nitriles is 1. The van der Waals surface area contributed by atoms with E-state index in [-0.39, 0.29) is 11.3 Å². The fourth-order valence-electron chi connectivity index (χ4n) is 1.63. The Bertz CT molecular complexity index is 198. The SMILES string of the molecule is C=CC(C)C1(C#N)CCOCC1. The lowest BCUT2D eigenvalue weighted by Gasteiger charge is -2.34. The van der Waals surface area contributed by atoms with E-state index in [0.29, 0.717) is 13.2 Å². The van der Waals surface area contributed by atoms with E-state index in [2.05, 4.69) is 19.6 Å². The molecule has 0 aromatic carbocycles. The summed E-state index contributed by atoms with van der Waals surface area (Å²) in [6, 6.07) is 2.42. The highest BCUT2D eigenvalue weighted by molar-refractivity contribution is 5.07. The lowest BCUT2D eigenvalue weighted by molar-refractivity contribution is 0.0257. The van der Waals surface area contributed by atoms with Gasteiger partial charge in [0.2, 0.25) is 0 Å². The number of nitrogens with zero attached hydrogens (tertiary/aromatic N) is 1. The Kier molecular flexibility index (Phi) is 2.88. The molecule has 0 aromatic rings. The van der Waals surface area contributed by atoms with E-state index in [1.54, 1.807) is 0 Å². The van der Waals surface area contributed by atoms with Gasteiger partial charge >= 0.3 is 0 Å². The van der Waals surface area contributed by atoms with Crippen LogP contribution >= 0.6 is 0 Å². The molecule has 2 heteroatoms. The largest absolute Gasteiger partial charge is 0.381 e. The van der Waals surface area contributed by atoms with Crippen molar-refractivity contribution in [3.8, 4) is 6.07 Å². The summed E-state index contributed by atoms with van der Waals surface area (Å²) >= 11 is 0. The molecule has 1 unspecified atom stereocenters. The lowest BCUT2D eigenvalue weighted by atomic mass is 9.72. The van der Waals surface area contributed by atoms with Crippen LogP contribution in [-0.4, -0.2) is 13.2 Å². The van der Waals surface area contributed by atoms with Crippen molar-refractivity contribution in [2.24, 2.45) is 11.3 Å². The molecule has 0 spiro atoms. The molecule has 66 valence electrons. The number of rotatable bonds is 2. The number of hydrogen-bond acceptors (Lipinski definition) is 2. The Labute approximate surface area is 73.8 Å². The third-order valence-corrected chi connectivity index (χ3v) is 2.83. The summed E-state index contributed by atoms with van der Waals surface area (Å²) in [7, 11) is 0. The third-order valence-electron chi connectivity index (χ3n) is 2.83. The summed E-state index contributed by atoms with van der Waals surface area (Å²) in [5.74, 6) is 0.270. The molecule has 12 heavy (non-hydrogen) atoms. The highest BCUT2D eigenvalue weighted by Crippen LogP contribution is 2.37. The summed E-state index contributed by atoms with van der Waals surface area (Å²) in [5, 5.41) is 9.09. The van der Waals surface area contributed by atoms with Gasteiger partial charge in [-0.05, 0) is 18.8 Å². The van der Waals surface area contributed by atoms with Gasteiger partial charge < -0.3 is 4.74 Å². The van der Waals surface area contributed by atoms with E-state index in [1.807, 2.05) is 6.08 Å². The normalized spacial score (nSPS) is 24.0. The van der Waals surface area contributed by atoms with E-state index < -0.39 is 0 Å². The van der Waals surface area contributed by atoms with Crippen LogP contribution in [-0.2, 0) is 4.74 Å². The highest BCUT2D eigenvalue weighted by atomic mass is 16.5. The zero-order chi connectivity index (χ0) is 9.03. The van der Waals surface area contributed by atoms with Crippen LogP contribution in [0.2, 0.25) is 0 Å². The molecule has 0 aromatic heterocycles. The Morgan fingerprint density at radius 2 is 2.17 bits per heavy atom. The zero-order valence-corrected chi connectivity index (χ0v) is 7.55. The Morgan fingerprint density at radius 3 is 2.58 bits per heavy atom. The van der Waals surface area contributed by atoms with Crippen LogP contribution in [0.4, 0.5) is 0 Å². The fraction of sp³-hybridized carbons (Fsp3) is 0.700. The van der Waals surface area contributed by atoms with Gasteiger partial charge in [-0.15, -0.1) is 6.58 Å². The predicted octanol–water partition coefficient (Wildman–Crippen LogP) is 2.13. The predicted molar refractivity (Wildman–Crippen MR) is 47.5 cm³/mol. The summed E-state index contributed by atoms with van der Waals surface area (Å²) < 4.78 is 5.24. The van der Waals surface area contributed by atoms with Crippen molar-refractivity contribution in [2.75, 3.05) is 13.2 Å². The summed E-state index contributed by atoms with van der Waals surface area (Å²) in [6.07, 6.45) is 3.56. The quantitative estimate of drug-likeness (QED) is 0.587. The van der Waals surface area contributed by atoms with Crippen LogP contribution in [0.15, 0.2) is 12.7 Å². The van der Waals surface area contributed by atoms with Crippen molar-refractivity contribution < 1.29 is 4.74 Å². The second kappa shape index (κ2) is 3.73. The molecule has 1 aliphatic heterocycles. The first-order valence-corrected chi connectivity index (χ1v) is 4.37. The van der Waals surface area contributed by atoms with Crippen molar-refractivity contribution in [1.29, 1.82) is 5.26 Å². The van der Waals surface area contributed by atoms with E-state index in [9.17, 15) is 0 Å². The number of ether oxygens (including phenoxy) is 1. The van der Waals surface area contributed by atoms with Crippen LogP contribution in [0.25, 0.3) is 0 Å². The number of allylic oxidation sites excluding steroid dienone is 1. The van der Waals surface area contributed by atoms with Gasteiger partial charge in [0.05, 0.1) is 11.5 Å². The third kappa shape index (κ3) is 1.51. The lowest BCUT2D eigenvalue weighted by Crippen LogP contribution is -2.33. The van der Waals surface area contributed by atoms with E-state index in [1.165, 1.54) is 0 Å². The molecule has 0 saturated carbocycles. The fourth-order valence-corrected chi connectivity index (χ4v) is 1.63. The first kappa shape index (κ1) is 9.28. The maximum Gasteiger partial charge on any atom is 0.0697 e. The summed E-state index contributed by atoms with van der Waals surface area (Å²) in [4.78, 5) is 0. The van der Waals surface area contributed by atoms with E-state index in [0.717, 1.165) is 12.8 Å². The van der Waals surface area contributed by atoms with Gasteiger partial charge in [-0.1, -0.05) is 13.0 Å². The van der Waals surface area contributed by atoms with Gasteiger partial charge in [0.15, 0.2) is 0 Å². The molecular formula is C10H15NO. The van der Waals surface area contributed by atoms with Crippen molar-refractivity contribution in [2.45, 2.75) is 19.8 Å². The van der Waals surface area contributed by atoms with Crippen molar-refractivity contribution in [3.05, 3.63) is 12.7 Å². The van der Waals surface area contributed by atoms with Crippen LogP contribution in [0, 0.1) is 22.7 Å². The molecule has 1 atom stereocenters. The Morgan fingerprint density at radius 1 is 1.58 bits per heavy atom. The first-order chi connectivity index (χ1) is 5.75. The average Bonchev–Trinajstić information content (AvgIpc) is 2.17. The molecule has 1 saturated heterocycles. The van der Waals surface area contributed by atoms with Gasteiger partial charge in [0, 0.05) is 13.2 Å². The molecule has 0 aliphatic carbocycles. The molecule has 0 radical (unpaired) electrons. The molecule has 1 aliphatic rings.